The first-order valence-corrected chi connectivity index (χ1v) is 2.82. The van der Waals surface area contributed by atoms with Gasteiger partial charge in [-0.3, -0.25) is 5.41 Å². The Labute approximate surface area is 55.9 Å². The maximum atomic E-state index is 7.14. The fraction of sp³-hybridized carbons (Fsp3) is 0.800. The number of nitrogens with one attached hydrogen (secondary N) is 2. The topological polar surface area (TPSA) is 45.6 Å². The van der Waals surface area contributed by atoms with E-state index in [0.717, 1.165) is 5.01 Å². The molecule has 0 aliphatic rings. The van der Waals surface area contributed by atoms with Gasteiger partial charge in [-0.15, -0.1) is 0 Å². The van der Waals surface area contributed by atoms with Crippen molar-refractivity contribution in [3.8, 4) is 0 Å². The predicted molar refractivity (Wildman–Crippen MR) is 37.3 cm³/mol. The lowest BCUT2D eigenvalue weighted by Crippen LogP contribution is -3.07. The number of rotatable bonds is 2. The summed E-state index contributed by atoms with van der Waals surface area (Å²) in [6, 6.07) is 0. The van der Waals surface area contributed by atoms with Gasteiger partial charge in [-0.05, 0) is 14.1 Å². The van der Waals surface area contributed by atoms with Crippen LogP contribution in [0.1, 0.15) is 6.92 Å². The lowest BCUT2D eigenvalue weighted by atomic mass is 10.7. The first-order chi connectivity index (χ1) is 4.04. The molecule has 0 bridgehead atoms. The van der Waals surface area contributed by atoms with Gasteiger partial charge >= 0.3 is 0 Å². The number of amidine groups is 1. The van der Waals surface area contributed by atoms with Gasteiger partial charge in [0.1, 0.15) is 0 Å². The van der Waals surface area contributed by atoms with Gasteiger partial charge in [-0.1, -0.05) is 0 Å². The summed E-state index contributed by atoms with van der Waals surface area (Å²) in [4.78, 5) is 0. The number of hydrogen-bond donors (Lipinski definition) is 2. The number of nitrogens with zero attached hydrogens (tertiary/aromatic N) is 2. The lowest BCUT2D eigenvalue weighted by Gasteiger charge is -2.31. The van der Waals surface area contributed by atoms with E-state index in [9.17, 15) is 0 Å². The first-order valence-electron chi connectivity index (χ1n) is 2.82. The van der Waals surface area contributed by atoms with Crippen molar-refractivity contribution in [1.82, 2.24) is 5.01 Å². The van der Waals surface area contributed by atoms with Crippen LogP contribution < -0.4 is 5.01 Å². The molecule has 9 heavy (non-hydrogen) atoms. The Bertz CT molecular complexity index is 99.1. The van der Waals surface area contributed by atoms with Crippen LogP contribution >= 0.6 is 0 Å². The van der Waals surface area contributed by atoms with E-state index < -0.39 is 0 Å². The largest absolute Gasteiger partial charge is 0.381 e. The van der Waals surface area contributed by atoms with E-state index in [4.69, 9.17) is 5.41 Å². The normalized spacial score (nSPS) is 13.9. The summed E-state index contributed by atoms with van der Waals surface area (Å²) in [7, 11) is 5.50. The van der Waals surface area contributed by atoms with Crippen LogP contribution in [-0.4, -0.2) is 32.0 Å². The molecule has 1 unspecified atom stereocenters. The molecule has 4 heteroatoms. The minimum Gasteiger partial charge on any atom is -0.381 e. The molecule has 0 aliphatic carbocycles. The maximum absolute atomic E-state index is 7.14. The van der Waals surface area contributed by atoms with Crippen molar-refractivity contribution in [2.45, 2.75) is 6.92 Å². The second-order valence-corrected chi connectivity index (χ2v) is 2.16. The van der Waals surface area contributed by atoms with Crippen LogP contribution in [0.15, 0.2) is 0 Å². The molecule has 0 aromatic heterocycles. The third-order valence-electron chi connectivity index (χ3n) is 0.893. The summed E-state index contributed by atoms with van der Waals surface area (Å²) < 4.78 is 0. The van der Waals surface area contributed by atoms with E-state index >= 15 is 0 Å². The van der Waals surface area contributed by atoms with Crippen molar-refractivity contribution in [2.24, 2.45) is 0 Å². The van der Waals surface area contributed by atoms with Gasteiger partial charge in [0.2, 0.25) is 0 Å². The Hall–Kier alpha value is -0.450. The molecule has 0 rings (SSSR count). The molecular formula is C5H14N4. The average molecular weight is 130 g/mol. The second-order valence-electron chi connectivity index (χ2n) is 2.16. The highest BCUT2D eigenvalue weighted by Gasteiger charge is 1.91. The minimum absolute atomic E-state index is 0.517. The van der Waals surface area contributed by atoms with Gasteiger partial charge in [0, 0.05) is 6.92 Å². The van der Waals surface area contributed by atoms with Crippen LogP contribution in [-0.2, 0) is 0 Å². The fourth-order valence-corrected chi connectivity index (χ4v) is 0.375. The van der Waals surface area contributed by atoms with E-state index in [0.29, 0.717) is 5.84 Å². The van der Waals surface area contributed by atoms with E-state index in [1.165, 1.54) is 0 Å². The summed E-state index contributed by atoms with van der Waals surface area (Å²) in [5.41, 5.74) is 4.00. The summed E-state index contributed by atoms with van der Waals surface area (Å²) >= 11 is 0. The van der Waals surface area contributed by atoms with E-state index in [-0.39, 0.29) is 0 Å². The van der Waals surface area contributed by atoms with Crippen molar-refractivity contribution >= 4 is 5.84 Å². The van der Waals surface area contributed by atoms with Gasteiger partial charge < -0.3 is 15.6 Å². The molecule has 1 atom stereocenters. The Morgan fingerprint density at radius 3 is 2.11 bits per heavy atom. The predicted octanol–water partition coefficient (Wildman–Crippen LogP) is -0.736. The summed E-state index contributed by atoms with van der Waals surface area (Å²) in [6.07, 6.45) is 0. The Morgan fingerprint density at radius 2 is 2.00 bits per heavy atom. The molecule has 0 aromatic rings. The zero-order valence-corrected chi connectivity index (χ0v) is 6.39. The average Bonchev–Trinajstić information content (AvgIpc) is 1.63. The van der Waals surface area contributed by atoms with Gasteiger partial charge in [0.05, 0.1) is 7.05 Å². The maximum Gasteiger partial charge on any atom is 0.181 e. The van der Waals surface area contributed by atoms with Crippen molar-refractivity contribution in [1.29, 1.82) is 5.41 Å². The van der Waals surface area contributed by atoms with Crippen LogP contribution in [0.2, 0.25) is 0 Å². The SMILES string of the molecule is CC(=N)[NH+](C)[N-]N(C)C. The van der Waals surface area contributed by atoms with Crippen LogP contribution in [0.25, 0.3) is 5.53 Å². The molecule has 0 aliphatic heterocycles. The highest BCUT2D eigenvalue weighted by molar-refractivity contribution is 5.66. The molecule has 0 heterocycles. The van der Waals surface area contributed by atoms with Gasteiger partial charge in [-0.25, -0.2) is 0 Å². The smallest absolute Gasteiger partial charge is 0.181 e. The monoisotopic (exact) mass is 130 g/mol. The molecule has 0 aromatic carbocycles. The molecule has 0 saturated carbocycles. The molecule has 2 N–H and O–H groups in total. The van der Waals surface area contributed by atoms with E-state index in [2.05, 4.69) is 5.53 Å². The molecule has 0 radical (unpaired) electrons. The van der Waals surface area contributed by atoms with E-state index in [1.54, 1.807) is 11.9 Å². The zero-order chi connectivity index (χ0) is 7.44. The zero-order valence-electron chi connectivity index (χ0n) is 6.39. The van der Waals surface area contributed by atoms with E-state index in [1.807, 2.05) is 21.1 Å². The fourth-order valence-electron chi connectivity index (χ4n) is 0.375. The Morgan fingerprint density at radius 1 is 1.56 bits per heavy atom. The van der Waals surface area contributed by atoms with Crippen molar-refractivity contribution in [3.63, 3.8) is 0 Å². The molecule has 0 fully saturated rings. The molecule has 0 saturated heterocycles. The highest BCUT2D eigenvalue weighted by atomic mass is 15.7. The Kier molecular flexibility index (Phi) is 3.37. The van der Waals surface area contributed by atoms with Crippen LogP contribution in [0, 0.1) is 5.41 Å². The molecule has 4 nitrogen and oxygen atoms in total. The van der Waals surface area contributed by atoms with Gasteiger partial charge in [0.15, 0.2) is 5.84 Å². The quantitative estimate of drug-likeness (QED) is 0.289. The summed E-state index contributed by atoms with van der Waals surface area (Å²) in [5.74, 6) is 0.517. The van der Waals surface area contributed by atoms with Crippen LogP contribution in [0.5, 0.6) is 0 Å². The third kappa shape index (κ3) is 4.08. The standard InChI is InChI=1S/C5H14N4/c1-5(6)9(4)7-8(2)3/h6,9H,1-4H3. The molecular weight excluding hydrogens is 116 g/mol. The first kappa shape index (κ1) is 8.55. The third-order valence-corrected chi connectivity index (χ3v) is 0.893. The molecule has 0 spiro atoms. The molecule has 54 valence electrons. The highest BCUT2D eigenvalue weighted by Crippen LogP contribution is 1.73. The van der Waals surface area contributed by atoms with Crippen molar-refractivity contribution in [3.05, 3.63) is 5.53 Å². The number of quaternary nitrogens is 1. The molecule has 0 amide bonds. The van der Waals surface area contributed by atoms with Crippen molar-refractivity contribution in [2.75, 3.05) is 21.1 Å². The number of hydrogen-bond acceptors (Lipinski definition) is 2. The van der Waals surface area contributed by atoms with Gasteiger partial charge in [-0.2, -0.15) is 0 Å². The Balaban J connectivity index is 3.50. The minimum atomic E-state index is 0.517. The van der Waals surface area contributed by atoms with Crippen LogP contribution in [0.4, 0.5) is 0 Å². The van der Waals surface area contributed by atoms with Crippen LogP contribution in [0.3, 0.4) is 0 Å². The summed E-state index contributed by atoms with van der Waals surface area (Å²) in [5, 5.41) is 9.59. The summed E-state index contributed by atoms with van der Waals surface area (Å²) in [6.45, 7) is 1.72. The lowest BCUT2D eigenvalue weighted by molar-refractivity contribution is -0.752. The van der Waals surface area contributed by atoms with Crippen molar-refractivity contribution < 1.29 is 5.01 Å². The second kappa shape index (κ2) is 3.55. The van der Waals surface area contributed by atoms with Gasteiger partial charge in [0.25, 0.3) is 0 Å².